The van der Waals surface area contributed by atoms with Crippen molar-refractivity contribution in [2.45, 2.75) is 0 Å². The van der Waals surface area contributed by atoms with Crippen molar-refractivity contribution in [3.63, 3.8) is 0 Å². The van der Waals surface area contributed by atoms with E-state index in [9.17, 15) is 4.79 Å². The molecule has 0 aliphatic heterocycles. The summed E-state index contributed by atoms with van der Waals surface area (Å²) in [5.41, 5.74) is 0.577. The van der Waals surface area contributed by atoms with Gasteiger partial charge in [-0.2, -0.15) is 0 Å². The van der Waals surface area contributed by atoms with E-state index in [2.05, 4.69) is 9.78 Å². The molecule has 0 saturated heterocycles. The lowest BCUT2D eigenvalue weighted by molar-refractivity contribution is -0.248. The van der Waals surface area contributed by atoms with Crippen LogP contribution in [-0.4, -0.2) is 25.6 Å². The maximum Gasteiger partial charge on any atom is 0.150 e. The molecule has 1 rings (SSSR count). The predicted molar refractivity (Wildman–Crippen MR) is 47.5 cm³/mol. The molecule has 13 heavy (non-hydrogen) atoms. The van der Waals surface area contributed by atoms with Gasteiger partial charge in [-0.25, -0.2) is 9.78 Å². The molecule has 0 aliphatic rings. The standard InChI is InChI=1S/C7H6O2.C2H6O2/c8-5-6-1-3-7(9)4-2-6;1-3-4-2/h1-5,9H;1-2H3. The number of aldehydes is 1. The zero-order valence-corrected chi connectivity index (χ0v) is 7.56. The predicted octanol–water partition coefficient (Wildman–Crippen LogP) is 1.40. The fraction of sp³-hybridized carbons (Fsp3) is 0.222. The summed E-state index contributed by atoms with van der Waals surface area (Å²) in [5, 5.41) is 8.74. The molecule has 0 heterocycles. The number of aromatic hydroxyl groups is 1. The summed E-state index contributed by atoms with van der Waals surface area (Å²) in [7, 11) is 2.92. The molecule has 0 atom stereocenters. The Morgan fingerprint density at radius 3 is 1.92 bits per heavy atom. The quantitative estimate of drug-likeness (QED) is 0.429. The van der Waals surface area contributed by atoms with Gasteiger partial charge in [0.05, 0.1) is 14.2 Å². The van der Waals surface area contributed by atoms with Crippen molar-refractivity contribution >= 4 is 6.29 Å². The minimum atomic E-state index is 0.181. The van der Waals surface area contributed by atoms with Gasteiger partial charge in [0.1, 0.15) is 12.0 Å². The number of rotatable bonds is 2. The second-order valence-corrected chi connectivity index (χ2v) is 2.04. The molecule has 4 heteroatoms. The maximum atomic E-state index is 10.0. The normalized spacial score (nSPS) is 8.46. The lowest BCUT2D eigenvalue weighted by Gasteiger charge is -1.88. The fourth-order valence-electron chi connectivity index (χ4n) is 0.553. The Kier molecular flexibility index (Phi) is 6.49. The number of carbonyl (C=O) groups excluding carboxylic acids is 1. The van der Waals surface area contributed by atoms with Gasteiger partial charge in [-0.05, 0) is 24.3 Å². The fourth-order valence-corrected chi connectivity index (χ4v) is 0.553. The van der Waals surface area contributed by atoms with Crippen molar-refractivity contribution in [3.8, 4) is 5.75 Å². The molecule has 0 saturated carbocycles. The molecule has 0 radical (unpaired) electrons. The number of carbonyl (C=O) groups is 1. The molecule has 0 spiro atoms. The summed E-state index contributed by atoms with van der Waals surface area (Å²) in [5.74, 6) is 0.181. The van der Waals surface area contributed by atoms with Gasteiger partial charge >= 0.3 is 0 Å². The van der Waals surface area contributed by atoms with Crippen LogP contribution in [-0.2, 0) is 9.78 Å². The van der Waals surface area contributed by atoms with Crippen LogP contribution in [0.1, 0.15) is 10.4 Å². The first-order valence-electron chi connectivity index (χ1n) is 3.55. The largest absolute Gasteiger partial charge is 0.508 e. The summed E-state index contributed by atoms with van der Waals surface area (Å²) in [6.45, 7) is 0. The zero-order chi connectivity index (χ0) is 10.1. The van der Waals surface area contributed by atoms with Gasteiger partial charge in [-0.15, -0.1) is 0 Å². The molecular weight excluding hydrogens is 172 g/mol. The van der Waals surface area contributed by atoms with E-state index < -0.39 is 0 Å². The molecule has 0 bridgehead atoms. The molecule has 0 fully saturated rings. The van der Waals surface area contributed by atoms with Crippen LogP contribution in [0.5, 0.6) is 5.75 Å². The van der Waals surface area contributed by atoms with Crippen LogP contribution in [0.3, 0.4) is 0 Å². The van der Waals surface area contributed by atoms with Crippen molar-refractivity contribution < 1.29 is 19.7 Å². The highest BCUT2D eigenvalue weighted by Crippen LogP contribution is 2.07. The minimum Gasteiger partial charge on any atom is -0.508 e. The number of hydrogen-bond acceptors (Lipinski definition) is 4. The van der Waals surface area contributed by atoms with Gasteiger partial charge in [-0.1, -0.05) is 0 Å². The van der Waals surface area contributed by atoms with Gasteiger partial charge in [0.15, 0.2) is 0 Å². The monoisotopic (exact) mass is 184 g/mol. The van der Waals surface area contributed by atoms with Gasteiger partial charge in [-0.3, -0.25) is 4.79 Å². The minimum absolute atomic E-state index is 0.181. The van der Waals surface area contributed by atoms with Crippen LogP contribution >= 0.6 is 0 Å². The molecule has 4 nitrogen and oxygen atoms in total. The number of benzene rings is 1. The van der Waals surface area contributed by atoms with Crippen LogP contribution in [0.2, 0.25) is 0 Å². The summed E-state index contributed by atoms with van der Waals surface area (Å²) in [4.78, 5) is 18.1. The van der Waals surface area contributed by atoms with E-state index in [-0.39, 0.29) is 5.75 Å². The Morgan fingerprint density at radius 1 is 1.15 bits per heavy atom. The Morgan fingerprint density at radius 2 is 1.62 bits per heavy atom. The van der Waals surface area contributed by atoms with Crippen molar-refractivity contribution in [3.05, 3.63) is 29.8 Å². The SMILES string of the molecule is COOC.O=Cc1ccc(O)cc1. The number of phenols is 1. The van der Waals surface area contributed by atoms with Crippen LogP contribution < -0.4 is 0 Å². The van der Waals surface area contributed by atoms with E-state index in [0.29, 0.717) is 5.56 Å². The third kappa shape index (κ3) is 5.84. The van der Waals surface area contributed by atoms with Crippen LogP contribution in [0.25, 0.3) is 0 Å². The van der Waals surface area contributed by atoms with E-state index in [1.807, 2.05) is 0 Å². The first-order valence-corrected chi connectivity index (χ1v) is 3.55. The first-order chi connectivity index (χ1) is 6.24. The second-order valence-electron chi connectivity index (χ2n) is 2.04. The Balaban J connectivity index is 0.000000310. The van der Waals surface area contributed by atoms with Gasteiger partial charge < -0.3 is 5.11 Å². The number of hydrogen-bond donors (Lipinski definition) is 1. The van der Waals surface area contributed by atoms with Gasteiger partial charge in [0.25, 0.3) is 0 Å². The molecule has 72 valence electrons. The maximum absolute atomic E-state index is 10.0. The smallest absolute Gasteiger partial charge is 0.150 e. The molecular formula is C9H12O4. The highest BCUT2D eigenvalue weighted by Gasteiger charge is 1.86. The zero-order valence-electron chi connectivity index (χ0n) is 7.56. The van der Waals surface area contributed by atoms with Crippen molar-refractivity contribution in [2.24, 2.45) is 0 Å². The molecule has 0 aliphatic carbocycles. The second kappa shape index (κ2) is 7.27. The average Bonchev–Trinajstić information content (AvgIpc) is 2.19. The van der Waals surface area contributed by atoms with Crippen molar-refractivity contribution in [1.82, 2.24) is 0 Å². The Labute approximate surface area is 76.6 Å². The third-order valence-electron chi connectivity index (χ3n) is 1.20. The topological polar surface area (TPSA) is 55.8 Å². The van der Waals surface area contributed by atoms with Crippen molar-refractivity contribution in [1.29, 1.82) is 0 Å². The summed E-state index contributed by atoms with van der Waals surface area (Å²) < 4.78 is 0. The molecule has 0 unspecified atom stereocenters. The highest BCUT2D eigenvalue weighted by atomic mass is 17.2. The van der Waals surface area contributed by atoms with Gasteiger partial charge in [0.2, 0.25) is 0 Å². The van der Waals surface area contributed by atoms with E-state index in [1.54, 1.807) is 12.1 Å². The Bertz CT molecular complexity index is 228. The average molecular weight is 184 g/mol. The summed E-state index contributed by atoms with van der Waals surface area (Å²) >= 11 is 0. The number of phenolic OH excluding ortho intramolecular Hbond substituents is 1. The van der Waals surface area contributed by atoms with Gasteiger partial charge in [0, 0.05) is 5.56 Å². The summed E-state index contributed by atoms with van der Waals surface area (Å²) in [6.07, 6.45) is 0.736. The molecule has 1 aromatic carbocycles. The lowest BCUT2D eigenvalue weighted by Crippen LogP contribution is -1.74. The van der Waals surface area contributed by atoms with Crippen LogP contribution in [0.15, 0.2) is 24.3 Å². The van der Waals surface area contributed by atoms with Crippen molar-refractivity contribution in [2.75, 3.05) is 14.2 Å². The molecule has 0 aromatic heterocycles. The highest BCUT2D eigenvalue weighted by molar-refractivity contribution is 5.74. The van der Waals surface area contributed by atoms with Crippen LogP contribution in [0.4, 0.5) is 0 Å². The molecule has 1 N–H and O–H groups in total. The Hall–Kier alpha value is -1.39. The van der Waals surface area contributed by atoms with E-state index in [0.717, 1.165) is 6.29 Å². The lowest BCUT2D eigenvalue weighted by atomic mass is 10.2. The molecule has 1 aromatic rings. The summed E-state index contributed by atoms with van der Waals surface area (Å²) in [6, 6.07) is 6.07. The van der Waals surface area contributed by atoms with E-state index >= 15 is 0 Å². The molecule has 0 amide bonds. The van der Waals surface area contributed by atoms with E-state index in [1.165, 1.54) is 26.4 Å². The first kappa shape index (κ1) is 11.6. The third-order valence-corrected chi connectivity index (χ3v) is 1.20. The van der Waals surface area contributed by atoms with Crippen LogP contribution in [0, 0.1) is 0 Å². The van der Waals surface area contributed by atoms with E-state index in [4.69, 9.17) is 5.11 Å².